The molecule has 5 heteroatoms. The van der Waals surface area contributed by atoms with Crippen LogP contribution in [0.25, 0.3) is 0 Å². The lowest BCUT2D eigenvalue weighted by atomic mass is 10.3. The number of carbonyl (C=O) groups is 1. The van der Waals surface area contributed by atoms with Gasteiger partial charge in [0.1, 0.15) is 4.88 Å². The molecule has 0 aromatic carbocycles. The molecule has 0 amide bonds. The van der Waals surface area contributed by atoms with E-state index in [1.54, 1.807) is 0 Å². The number of carboxylic acids is 1. The van der Waals surface area contributed by atoms with Crippen LogP contribution in [0.3, 0.4) is 0 Å². The van der Waals surface area contributed by atoms with E-state index in [-0.39, 0.29) is 11.4 Å². The smallest absolute Gasteiger partial charge is 0.347 e. The number of aromatic nitrogens is 1. The molecule has 0 saturated carbocycles. The van der Waals surface area contributed by atoms with E-state index in [1.807, 2.05) is 6.92 Å². The molecular weight excluding hydrogens is 188 g/mol. The van der Waals surface area contributed by atoms with E-state index in [0.717, 1.165) is 17.8 Å². The minimum atomic E-state index is -0.930. The summed E-state index contributed by atoms with van der Waals surface area (Å²) in [5, 5.41) is 9.65. The Morgan fingerprint density at radius 3 is 2.77 bits per heavy atom. The Morgan fingerprint density at radius 2 is 2.38 bits per heavy atom. The molecule has 13 heavy (non-hydrogen) atoms. The van der Waals surface area contributed by atoms with Crippen LogP contribution in [0, 0.1) is 0 Å². The highest BCUT2D eigenvalue weighted by Crippen LogP contribution is 2.19. The molecule has 1 aromatic rings. The van der Waals surface area contributed by atoms with Gasteiger partial charge in [-0.3, -0.25) is 0 Å². The second-order valence-corrected chi connectivity index (χ2v) is 3.73. The fourth-order valence-electron chi connectivity index (χ4n) is 1.03. The zero-order chi connectivity index (χ0) is 9.84. The van der Waals surface area contributed by atoms with Crippen molar-refractivity contribution in [3.8, 4) is 0 Å². The van der Waals surface area contributed by atoms with E-state index in [4.69, 9.17) is 10.8 Å². The van der Waals surface area contributed by atoms with Gasteiger partial charge in [-0.15, -0.1) is 11.3 Å². The Hall–Kier alpha value is -0.940. The van der Waals surface area contributed by atoms with Crippen molar-refractivity contribution in [2.45, 2.75) is 26.3 Å². The number of nitrogens with two attached hydrogens (primary N) is 1. The van der Waals surface area contributed by atoms with Crippen LogP contribution in [-0.4, -0.2) is 16.1 Å². The molecule has 0 saturated heterocycles. The number of thiazole rings is 1. The van der Waals surface area contributed by atoms with Crippen molar-refractivity contribution < 1.29 is 9.90 Å². The molecule has 0 radical (unpaired) electrons. The Kier molecular flexibility index (Phi) is 3.39. The van der Waals surface area contributed by atoms with Crippen LogP contribution in [0.2, 0.25) is 0 Å². The average Bonchev–Trinajstić information content (AvgIpc) is 2.48. The summed E-state index contributed by atoms with van der Waals surface area (Å²) in [7, 11) is 0. The first-order valence-electron chi connectivity index (χ1n) is 4.11. The normalized spacial score (nSPS) is 10.3. The first kappa shape index (κ1) is 10.1. The Bertz CT molecular complexity index is 309. The van der Waals surface area contributed by atoms with Crippen molar-refractivity contribution in [3.63, 3.8) is 0 Å². The summed E-state index contributed by atoms with van der Waals surface area (Å²) in [6.45, 7) is 2.23. The van der Waals surface area contributed by atoms with Crippen molar-refractivity contribution in [2.24, 2.45) is 5.73 Å². The maximum absolute atomic E-state index is 10.7. The van der Waals surface area contributed by atoms with E-state index in [0.29, 0.717) is 5.69 Å². The van der Waals surface area contributed by atoms with E-state index >= 15 is 0 Å². The second-order valence-electron chi connectivity index (χ2n) is 2.64. The summed E-state index contributed by atoms with van der Waals surface area (Å²) in [6, 6.07) is 0. The molecule has 0 aliphatic carbocycles. The summed E-state index contributed by atoms with van der Waals surface area (Å²) in [5.41, 5.74) is 5.88. The zero-order valence-corrected chi connectivity index (χ0v) is 8.23. The van der Waals surface area contributed by atoms with Crippen LogP contribution < -0.4 is 5.73 Å². The quantitative estimate of drug-likeness (QED) is 0.767. The van der Waals surface area contributed by atoms with Gasteiger partial charge in [-0.1, -0.05) is 6.92 Å². The zero-order valence-electron chi connectivity index (χ0n) is 7.41. The summed E-state index contributed by atoms with van der Waals surface area (Å²) in [4.78, 5) is 15.1. The van der Waals surface area contributed by atoms with Gasteiger partial charge in [0.05, 0.1) is 10.7 Å². The molecule has 0 fully saturated rings. The summed E-state index contributed by atoms with van der Waals surface area (Å²) >= 11 is 1.23. The molecule has 1 heterocycles. The van der Waals surface area contributed by atoms with Crippen LogP contribution in [0.1, 0.15) is 33.7 Å². The van der Waals surface area contributed by atoms with Crippen LogP contribution in [0.4, 0.5) is 0 Å². The minimum Gasteiger partial charge on any atom is -0.477 e. The molecule has 1 rings (SSSR count). The van der Waals surface area contributed by atoms with E-state index in [9.17, 15) is 4.79 Å². The lowest BCUT2D eigenvalue weighted by Gasteiger charge is -1.89. The summed E-state index contributed by atoms with van der Waals surface area (Å²) in [5.74, 6) is -0.930. The standard InChI is InChI=1S/C8H12N2O2S/c1-2-3-6-10-5(4-9)7(13-6)8(11)12/h2-4,9H2,1H3,(H,11,12). The predicted molar refractivity (Wildman–Crippen MR) is 51.0 cm³/mol. The largest absolute Gasteiger partial charge is 0.477 e. The second kappa shape index (κ2) is 4.34. The highest BCUT2D eigenvalue weighted by atomic mass is 32.1. The topological polar surface area (TPSA) is 76.2 Å². The number of aryl methyl sites for hydroxylation is 1. The minimum absolute atomic E-state index is 0.196. The molecule has 3 N–H and O–H groups in total. The van der Waals surface area contributed by atoms with Gasteiger partial charge in [-0.2, -0.15) is 0 Å². The molecule has 0 aliphatic heterocycles. The van der Waals surface area contributed by atoms with Gasteiger partial charge in [0, 0.05) is 6.54 Å². The van der Waals surface area contributed by atoms with Gasteiger partial charge < -0.3 is 10.8 Å². The van der Waals surface area contributed by atoms with E-state index in [1.165, 1.54) is 11.3 Å². The molecule has 0 aliphatic rings. The third-order valence-electron chi connectivity index (χ3n) is 1.59. The lowest BCUT2D eigenvalue weighted by molar-refractivity contribution is 0.0700. The van der Waals surface area contributed by atoms with Crippen LogP contribution >= 0.6 is 11.3 Å². The van der Waals surface area contributed by atoms with Gasteiger partial charge in [-0.25, -0.2) is 9.78 Å². The van der Waals surface area contributed by atoms with E-state index < -0.39 is 5.97 Å². The maximum Gasteiger partial charge on any atom is 0.347 e. The fourth-order valence-corrected chi connectivity index (χ4v) is 2.06. The number of rotatable bonds is 4. The number of hydrogen-bond donors (Lipinski definition) is 2. The van der Waals surface area contributed by atoms with Crippen molar-refractivity contribution in [1.29, 1.82) is 0 Å². The molecule has 1 aromatic heterocycles. The van der Waals surface area contributed by atoms with Gasteiger partial charge in [0.2, 0.25) is 0 Å². The van der Waals surface area contributed by atoms with Gasteiger partial charge in [0.15, 0.2) is 0 Å². The fraction of sp³-hybridized carbons (Fsp3) is 0.500. The van der Waals surface area contributed by atoms with Crippen LogP contribution in [-0.2, 0) is 13.0 Å². The first-order chi connectivity index (χ1) is 6.19. The number of carboxylic acid groups (broad SMARTS) is 1. The van der Waals surface area contributed by atoms with Crippen molar-refractivity contribution in [3.05, 3.63) is 15.6 Å². The number of nitrogens with zero attached hydrogens (tertiary/aromatic N) is 1. The van der Waals surface area contributed by atoms with E-state index in [2.05, 4.69) is 4.98 Å². The molecular formula is C8H12N2O2S. The monoisotopic (exact) mass is 200 g/mol. The third-order valence-corrected chi connectivity index (χ3v) is 2.74. The number of hydrogen-bond acceptors (Lipinski definition) is 4. The van der Waals surface area contributed by atoms with Gasteiger partial charge in [0.25, 0.3) is 0 Å². The third kappa shape index (κ3) is 2.26. The molecule has 0 spiro atoms. The molecule has 0 bridgehead atoms. The maximum atomic E-state index is 10.7. The van der Waals surface area contributed by atoms with Crippen LogP contribution in [0.15, 0.2) is 0 Å². The number of aromatic carboxylic acids is 1. The van der Waals surface area contributed by atoms with Crippen molar-refractivity contribution in [1.82, 2.24) is 4.98 Å². The molecule has 4 nitrogen and oxygen atoms in total. The predicted octanol–water partition coefficient (Wildman–Crippen LogP) is 1.25. The van der Waals surface area contributed by atoms with Crippen LogP contribution in [0.5, 0.6) is 0 Å². The summed E-state index contributed by atoms with van der Waals surface area (Å²) < 4.78 is 0. The van der Waals surface area contributed by atoms with Gasteiger partial charge >= 0.3 is 5.97 Å². The van der Waals surface area contributed by atoms with Crippen molar-refractivity contribution >= 4 is 17.3 Å². The highest BCUT2D eigenvalue weighted by molar-refractivity contribution is 7.13. The SMILES string of the molecule is CCCc1nc(CN)c(C(=O)O)s1. The first-order valence-corrected chi connectivity index (χ1v) is 4.92. The van der Waals surface area contributed by atoms with Gasteiger partial charge in [-0.05, 0) is 12.8 Å². The molecule has 72 valence electrons. The average molecular weight is 200 g/mol. The van der Waals surface area contributed by atoms with Crippen molar-refractivity contribution in [2.75, 3.05) is 0 Å². The Balaban J connectivity index is 2.97. The Labute approximate surface area is 80.4 Å². The Morgan fingerprint density at radius 1 is 1.69 bits per heavy atom. The summed E-state index contributed by atoms with van der Waals surface area (Å²) in [6.07, 6.45) is 1.79. The molecule has 0 atom stereocenters. The lowest BCUT2D eigenvalue weighted by Crippen LogP contribution is -2.04. The highest BCUT2D eigenvalue weighted by Gasteiger charge is 2.15. The molecule has 0 unspecified atom stereocenters.